The van der Waals surface area contributed by atoms with Crippen LogP contribution in [-0.4, -0.2) is 12.1 Å². The summed E-state index contributed by atoms with van der Waals surface area (Å²) in [5, 5.41) is 3.96. The van der Waals surface area contributed by atoms with Gasteiger partial charge in [0.25, 0.3) is 0 Å². The van der Waals surface area contributed by atoms with E-state index in [0.29, 0.717) is 0 Å². The first-order valence-corrected chi connectivity index (χ1v) is 6.69. The molecule has 1 aliphatic heterocycles. The Morgan fingerprint density at radius 2 is 1.14 bits per heavy atom. The second-order valence-electron chi connectivity index (χ2n) is 5.70. The first-order chi connectivity index (χ1) is 6.93. The fraction of sp³-hybridized carbons (Fsp3) is 1.00. The van der Waals surface area contributed by atoms with Crippen LogP contribution in [0.4, 0.5) is 0 Å². The molecule has 3 aliphatic rings. The molecule has 1 heteroatoms. The van der Waals surface area contributed by atoms with Crippen LogP contribution >= 0.6 is 0 Å². The first-order valence-electron chi connectivity index (χ1n) is 6.69. The van der Waals surface area contributed by atoms with E-state index < -0.39 is 0 Å². The maximum atomic E-state index is 3.96. The van der Waals surface area contributed by atoms with Crippen LogP contribution in [0.2, 0.25) is 0 Å². The lowest BCUT2D eigenvalue weighted by molar-refractivity contribution is 0.0955. The van der Waals surface area contributed by atoms with Crippen LogP contribution in [0.15, 0.2) is 0 Å². The highest BCUT2D eigenvalue weighted by atomic mass is 15.0. The predicted molar refractivity (Wildman–Crippen MR) is 59.2 cm³/mol. The van der Waals surface area contributed by atoms with Crippen LogP contribution in [0.5, 0.6) is 0 Å². The largest absolute Gasteiger partial charge is 0.311 e. The SMILES string of the molecule is C1CC[C@@H]2N[C@@H]3CCCC[C@@H]3C[C@H]2C1. The van der Waals surface area contributed by atoms with E-state index in [9.17, 15) is 0 Å². The lowest BCUT2D eigenvalue weighted by atomic mass is 9.69. The Hall–Kier alpha value is -0.0400. The molecule has 0 spiro atoms. The molecule has 2 saturated carbocycles. The van der Waals surface area contributed by atoms with Crippen molar-refractivity contribution in [1.82, 2.24) is 5.32 Å². The first kappa shape index (κ1) is 9.21. The van der Waals surface area contributed by atoms with Gasteiger partial charge < -0.3 is 5.32 Å². The number of hydrogen-bond acceptors (Lipinski definition) is 1. The van der Waals surface area contributed by atoms with Crippen LogP contribution in [0.25, 0.3) is 0 Å². The average Bonchev–Trinajstić information content (AvgIpc) is 2.26. The molecule has 0 amide bonds. The third-order valence-corrected chi connectivity index (χ3v) is 4.85. The standard InChI is InChI=1S/C13H23N/c1-3-7-12-10(5-1)9-11-6-2-4-8-13(11)14-12/h10-14H,1-9H2/t10-,11-,12-,13+/m1/s1. The summed E-state index contributed by atoms with van der Waals surface area (Å²) in [7, 11) is 0. The molecule has 2 aliphatic carbocycles. The summed E-state index contributed by atoms with van der Waals surface area (Å²) in [6, 6.07) is 1.81. The molecule has 14 heavy (non-hydrogen) atoms. The summed E-state index contributed by atoms with van der Waals surface area (Å²) in [4.78, 5) is 0. The van der Waals surface area contributed by atoms with Crippen LogP contribution < -0.4 is 5.32 Å². The van der Waals surface area contributed by atoms with Gasteiger partial charge in [0.2, 0.25) is 0 Å². The van der Waals surface area contributed by atoms with Gasteiger partial charge in [-0.3, -0.25) is 0 Å². The highest BCUT2D eigenvalue weighted by Gasteiger charge is 2.38. The lowest BCUT2D eigenvalue weighted by Gasteiger charge is -2.47. The molecule has 0 aromatic heterocycles. The summed E-state index contributed by atoms with van der Waals surface area (Å²) in [5.41, 5.74) is 0. The van der Waals surface area contributed by atoms with Crippen LogP contribution in [0, 0.1) is 11.8 Å². The summed E-state index contributed by atoms with van der Waals surface area (Å²) in [6.45, 7) is 0. The maximum Gasteiger partial charge on any atom is 0.00981 e. The van der Waals surface area contributed by atoms with Crippen LogP contribution in [-0.2, 0) is 0 Å². The van der Waals surface area contributed by atoms with Crippen molar-refractivity contribution in [1.29, 1.82) is 0 Å². The Balaban J connectivity index is 1.68. The topological polar surface area (TPSA) is 12.0 Å². The predicted octanol–water partition coefficient (Wildman–Crippen LogP) is 3.10. The molecule has 0 radical (unpaired) electrons. The molecule has 0 bridgehead atoms. The van der Waals surface area contributed by atoms with Crippen LogP contribution in [0.1, 0.15) is 57.8 Å². The van der Waals surface area contributed by atoms with E-state index in [1.807, 2.05) is 0 Å². The molecule has 80 valence electrons. The summed E-state index contributed by atoms with van der Waals surface area (Å²) in [6.07, 6.45) is 13.5. The molecule has 3 fully saturated rings. The van der Waals surface area contributed by atoms with Gasteiger partial charge >= 0.3 is 0 Å². The molecule has 3 rings (SSSR count). The van der Waals surface area contributed by atoms with Crippen molar-refractivity contribution < 1.29 is 0 Å². The number of fused-ring (bicyclic) bond motifs is 2. The van der Waals surface area contributed by atoms with Crippen molar-refractivity contribution in [2.24, 2.45) is 11.8 Å². The normalized spacial score (nSPS) is 48.0. The minimum Gasteiger partial charge on any atom is -0.311 e. The fourth-order valence-corrected chi connectivity index (χ4v) is 4.08. The zero-order valence-corrected chi connectivity index (χ0v) is 9.17. The Morgan fingerprint density at radius 1 is 0.643 bits per heavy atom. The van der Waals surface area contributed by atoms with Gasteiger partial charge in [-0.2, -0.15) is 0 Å². The summed E-state index contributed by atoms with van der Waals surface area (Å²) in [5.74, 6) is 2.09. The third-order valence-electron chi connectivity index (χ3n) is 4.85. The zero-order valence-electron chi connectivity index (χ0n) is 9.17. The quantitative estimate of drug-likeness (QED) is 0.623. The second-order valence-corrected chi connectivity index (χ2v) is 5.70. The van der Waals surface area contributed by atoms with Crippen molar-refractivity contribution in [2.45, 2.75) is 69.9 Å². The van der Waals surface area contributed by atoms with E-state index >= 15 is 0 Å². The second kappa shape index (κ2) is 3.84. The fourth-order valence-electron chi connectivity index (χ4n) is 4.08. The van der Waals surface area contributed by atoms with Gasteiger partial charge in [-0.25, -0.2) is 0 Å². The highest BCUT2D eigenvalue weighted by molar-refractivity contribution is 4.95. The molecular formula is C13H23N. The average molecular weight is 193 g/mol. The van der Waals surface area contributed by atoms with E-state index in [1.54, 1.807) is 6.42 Å². The highest BCUT2D eigenvalue weighted by Crippen LogP contribution is 2.40. The molecule has 1 heterocycles. The Bertz CT molecular complexity index is 159. The molecule has 0 unspecified atom stereocenters. The van der Waals surface area contributed by atoms with E-state index in [1.165, 1.54) is 51.4 Å². The van der Waals surface area contributed by atoms with Crippen molar-refractivity contribution in [3.63, 3.8) is 0 Å². The van der Waals surface area contributed by atoms with Crippen LogP contribution in [0.3, 0.4) is 0 Å². The van der Waals surface area contributed by atoms with Gasteiger partial charge in [0, 0.05) is 12.1 Å². The smallest absolute Gasteiger partial charge is 0.00981 e. The molecule has 0 aromatic carbocycles. The minimum absolute atomic E-state index is 0.906. The van der Waals surface area contributed by atoms with E-state index in [0.717, 1.165) is 23.9 Å². The van der Waals surface area contributed by atoms with E-state index in [-0.39, 0.29) is 0 Å². The van der Waals surface area contributed by atoms with Crippen molar-refractivity contribution in [3.05, 3.63) is 0 Å². The Kier molecular flexibility index (Phi) is 2.53. The zero-order chi connectivity index (χ0) is 9.38. The van der Waals surface area contributed by atoms with Gasteiger partial charge in [-0.15, -0.1) is 0 Å². The molecular weight excluding hydrogens is 170 g/mol. The maximum absolute atomic E-state index is 3.96. The van der Waals surface area contributed by atoms with Crippen molar-refractivity contribution in [2.75, 3.05) is 0 Å². The molecule has 1 saturated heterocycles. The van der Waals surface area contributed by atoms with Crippen molar-refractivity contribution in [3.8, 4) is 0 Å². The van der Waals surface area contributed by atoms with Gasteiger partial charge in [-0.05, 0) is 43.9 Å². The summed E-state index contributed by atoms with van der Waals surface area (Å²) < 4.78 is 0. The number of rotatable bonds is 0. The van der Waals surface area contributed by atoms with E-state index in [2.05, 4.69) is 5.32 Å². The monoisotopic (exact) mass is 193 g/mol. The molecule has 0 aromatic rings. The van der Waals surface area contributed by atoms with Gasteiger partial charge in [0.05, 0.1) is 0 Å². The number of hydrogen-bond donors (Lipinski definition) is 1. The van der Waals surface area contributed by atoms with E-state index in [4.69, 9.17) is 0 Å². The minimum atomic E-state index is 0.906. The number of nitrogens with one attached hydrogen (secondary N) is 1. The molecule has 1 nitrogen and oxygen atoms in total. The Morgan fingerprint density at radius 3 is 1.71 bits per heavy atom. The number of piperidine rings is 1. The lowest BCUT2D eigenvalue weighted by Crippen LogP contribution is -2.54. The molecule has 4 atom stereocenters. The van der Waals surface area contributed by atoms with Gasteiger partial charge in [-0.1, -0.05) is 25.7 Å². The van der Waals surface area contributed by atoms with Crippen molar-refractivity contribution >= 4 is 0 Å². The van der Waals surface area contributed by atoms with Gasteiger partial charge in [0.15, 0.2) is 0 Å². The molecule has 1 N–H and O–H groups in total. The summed E-state index contributed by atoms with van der Waals surface area (Å²) >= 11 is 0. The third kappa shape index (κ3) is 1.60. The van der Waals surface area contributed by atoms with Gasteiger partial charge in [0.1, 0.15) is 0 Å². The Labute approximate surface area is 87.7 Å².